The molecule has 1 aliphatic rings. The summed E-state index contributed by atoms with van der Waals surface area (Å²) >= 11 is 5.88. The number of rotatable bonds is 6. The maximum absolute atomic E-state index is 12.1. The predicted octanol–water partition coefficient (Wildman–Crippen LogP) is 2.49. The highest BCUT2D eigenvalue weighted by atomic mass is 35.5. The summed E-state index contributed by atoms with van der Waals surface area (Å²) in [4.78, 5) is 24.3. The fourth-order valence-electron chi connectivity index (χ4n) is 1.98. The van der Waals surface area contributed by atoms with Crippen molar-refractivity contribution in [3.05, 3.63) is 34.9 Å². The van der Waals surface area contributed by atoms with E-state index in [0.717, 1.165) is 18.4 Å². The van der Waals surface area contributed by atoms with E-state index < -0.39 is 5.97 Å². The summed E-state index contributed by atoms with van der Waals surface area (Å²) < 4.78 is 0. The van der Waals surface area contributed by atoms with Crippen LogP contribution in [-0.4, -0.2) is 34.6 Å². The third-order valence-corrected chi connectivity index (χ3v) is 3.38. The largest absolute Gasteiger partial charge is 0.481 e. The summed E-state index contributed by atoms with van der Waals surface area (Å²) in [6.45, 7) is 0.636. The van der Waals surface area contributed by atoms with E-state index in [2.05, 4.69) is 5.32 Å². The highest BCUT2D eigenvalue weighted by Gasteiger charge is 2.32. The monoisotopic (exact) mass is 296 g/mol. The molecule has 2 amide bonds. The maximum atomic E-state index is 12.1. The summed E-state index contributed by atoms with van der Waals surface area (Å²) in [5.41, 5.74) is 0.917. The lowest BCUT2D eigenvalue weighted by atomic mass is 10.2. The summed E-state index contributed by atoms with van der Waals surface area (Å²) in [7, 11) is 0. The lowest BCUT2D eigenvalue weighted by Gasteiger charge is -2.22. The lowest BCUT2D eigenvalue weighted by Crippen LogP contribution is -2.42. The third kappa shape index (κ3) is 4.42. The van der Waals surface area contributed by atoms with Crippen molar-refractivity contribution in [3.63, 3.8) is 0 Å². The molecule has 0 unspecified atom stereocenters. The SMILES string of the molecule is O=C(O)CCN(C(=O)NCc1cccc(Cl)c1)C1CC1. The van der Waals surface area contributed by atoms with Crippen molar-refractivity contribution in [3.8, 4) is 0 Å². The van der Waals surface area contributed by atoms with Crippen molar-refractivity contribution in [1.82, 2.24) is 10.2 Å². The summed E-state index contributed by atoms with van der Waals surface area (Å²) in [5.74, 6) is -0.890. The van der Waals surface area contributed by atoms with E-state index in [1.54, 1.807) is 17.0 Å². The molecular weight excluding hydrogens is 280 g/mol. The second-order valence-corrected chi connectivity index (χ2v) is 5.29. The quantitative estimate of drug-likeness (QED) is 0.847. The van der Waals surface area contributed by atoms with Gasteiger partial charge in [-0.1, -0.05) is 23.7 Å². The molecule has 5 nitrogen and oxygen atoms in total. The van der Waals surface area contributed by atoms with Gasteiger partial charge in [-0.25, -0.2) is 4.79 Å². The van der Waals surface area contributed by atoms with Gasteiger partial charge in [0.2, 0.25) is 0 Å². The molecule has 20 heavy (non-hydrogen) atoms. The number of carbonyl (C=O) groups is 2. The molecule has 0 bridgehead atoms. The number of carbonyl (C=O) groups excluding carboxylic acids is 1. The Morgan fingerprint density at radius 1 is 1.40 bits per heavy atom. The number of nitrogens with one attached hydrogen (secondary N) is 1. The summed E-state index contributed by atoms with van der Waals surface area (Å²) in [6, 6.07) is 7.25. The van der Waals surface area contributed by atoms with E-state index in [9.17, 15) is 9.59 Å². The topological polar surface area (TPSA) is 69.6 Å². The molecule has 0 saturated heterocycles. The molecule has 2 rings (SSSR count). The van der Waals surface area contributed by atoms with Gasteiger partial charge >= 0.3 is 12.0 Å². The minimum atomic E-state index is -0.890. The Hall–Kier alpha value is -1.75. The Balaban J connectivity index is 1.86. The Kier molecular flexibility index (Phi) is 4.84. The molecule has 1 aromatic carbocycles. The average Bonchev–Trinajstić information content (AvgIpc) is 3.21. The zero-order valence-electron chi connectivity index (χ0n) is 11.0. The van der Waals surface area contributed by atoms with E-state index in [4.69, 9.17) is 16.7 Å². The van der Waals surface area contributed by atoms with Crippen LogP contribution in [0.1, 0.15) is 24.8 Å². The van der Waals surface area contributed by atoms with Gasteiger partial charge in [0, 0.05) is 24.2 Å². The van der Waals surface area contributed by atoms with Gasteiger partial charge < -0.3 is 15.3 Å². The van der Waals surface area contributed by atoms with Gasteiger partial charge in [0.25, 0.3) is 0 Å². The molecule has 0 aliphatic heterocycles. The van der Waals surface area contributed by atoms with Gasteiger partial charge in [-0.15, -0.1) is 0 Å². The number of hydrogen-bond acceptors (Lipinski definition) is 2. The average molecular weight is 297 g/mol. The first-order valence-corrected chi connectivity index (χ1v) is 6.95. The fraction of sp³-hybridized carbons (Fsp3) is 0.429. The standard InChI is InChI=1S/C14H17ClN2O3/c15-11-3-1-2-10(8-11)9-16-14(20)17(12-4-5-12)7-6-13(18)19/h1-3,8,12H,4-7,9H2,(H,16,20)(H,18,19). The normalized spacial score (nSPS) is 13.8. The first-order chi connectivity index (χ1) is 9.56. The lowest BCUT2D eigenvalue weighted by molar-refractivity contribution is -0.137. The van der Waals surface area contributed by atoms with E-state index >= 15 is 0 Å². The molecule has 0 atom stereocenters. The molecule has 1 aromatic rings. The first kappa shape index (κ1) is 14.7. The zero-order valence-corrected chi connectivity index (χ0v) is 11.8. The number of carboxylic acid groups (broad SMARTS) is 1. The van der Waals surface area contributed by atoms with Crippen LogP contribution in [0.3, 0.4) is 0 Å². The van der Waals surface area contributed by atoms with Crippen LogP contribution in [0, 0.1) is 0 Å². The second kappa shape index (κ2) is 6.61. The molecule has 6 heteroatoms. The fourth-order valence-corrected chi connectivity index (χ4v) is 2.19. The predicted molar refractivity (Wildman–Crippen MR) is 75.7 cm³/mol. The number of benzene rings is 1. The molecule has 1 fully saturated rings. The number of carboxylic acids is 1. The van der Waals surface area contributed by atoms with E-state index in [1.807, 2.05) is 12.1 Å². The first-order valence-electron chi connectivity index (χ1n) is 6.57. The number of hydrogen-bond donors (Lipinski definition) is 2. The van der Waals surface area contributed by atoms with E-state index in [1.165, 1.54) is 0 Å². The van der Waals surface area contributed by atoms with Crippen LogP contribution in [0.25, 0.3) is 0 Å². The van der Waals surface area contributed by atoms with Crippen LogP contribution >= 0.6 is 11.6 Å². The molecular formula is C14H17ClN2O3. The minimum absolute atomic E-state index is 0.0267. The zero-order chi connectivity index (χ0) is 14.5. The van der Waals surface area contributed by atoms with Crippen LogP contribution < -0.4 is 5.32 Å². The molecule has 1 saturated carbocycles. The Morgan fingerprint density at radius 3 is 2.75 bits per heavy atom. The van der Waals surface area contributed by atoms with Gasteiger partial charge in [-0.05, 0) is 30.5 Å². The number of amides is 2. The Labute approximate surface area is 122 Å². The Morgan fingerprint density at radius 2 is 2.15 bits per heavy atom. The van der Waals surface area contributed by atoms with Gasteiger partial charge in [0.1, 0.15) is 0 Å². The van der Waals surface area contributed by atoms with Crippen molar-refractivity contribution in [1.29, 1.82) is 0 Å². The van der Waals surface area contributed by atoms with Crippen molar-refractivity contribution in [2.75, 3.05) is 6.54 Å². The molecule has 2 N–H and O–H groups in total. The van der Waals surface area contributed by atoms with Crippen LogP contribution in [0.5, 0.6) is 0 Å². The van der Waals surface area contributed by atoms with Gasteiger partial charge in [-0.2, -0.15) is 0 Å². The Bertz CT molecular complexity index is 503. The van der Waals surface area contributed by atoms with E-state index in [0.29, 0.717) is 11.6 Å². The van der Waals surface area contributed by atoms with Crippen LogP contribution in [0.4, 0.5) is 4.79 Å². The number of aliphatic carboxylic acids is 1. The van der Waals surface area contributed by atoms with Crippen molar-refractivity contribution in [2.24, 2.45) is 0 Å². The van der Waals surface area contributed by atoms with Crippen molar-refractivity contribution >= 4 is 23.6 Å². The van der Waals surface area contributed by atoms with Crippen LogP contribution in [0.2, 0.25) is 5.02 Å². The minimum Gasteiger partial charge on any atom is -0.481 e. The van der Waals surface area contributed by atoms with Crippen LogP contribution in [0.15, 0.2) is 24.3 Å². The number of urea groups is 1. The van der Waals surface area contributed by atoms with Crippen LogP contribution in [-0.2, 0) is 11.3 Å². The number of halogens is 1. The molecule has 0 heterocycles. The summed E-state index contributed by atoms with van der Waals surface area (Å²) in [6.07, 6.45) is 1.87. The molecule has 0 aromatic heterocycles. The van der Waals surface area contributed by atoms with Gasteiger partial charge in [-0.3, -0.25) is 4.79 Å². The molecule has 108 valence electrons. The molecule has 0 spiro atoms. The highest BCUT2D eigenvalue weighted by molar-refractivity contribution is 6.30. The summed E-state index contributed by atoms with van der Waals surface area (Å²) in [5, 5.41) is 12.1. The van der Waals surface area contributed by atoms with Crippen molar-refractivity contribution < 1.29 is 14.7 Å². The van der Waals surface area contributed by atoms with Crippen molar-refractivity contribution in [2.45, 2.75) is 31.8 Å². The molecule has 0 radical (unpaired) electrons. The second-order valence-electron chi connectivity index (χ2n) is 4.86. The maximum Gasteiger partial charge on any atom is 0.317 e. The third-order valence-electron chi connectivity index (χ3n) is 3.15. The molecule has 1 aliphatic carbocycles. The number of nitrogens with zero attached hydrogens (tertiary/aromatic N) is 1. The van der Waals surface area contributed by atoms with Gasteiger partial charge in [0.15, 0.2) is 0 Å². The smallest absolute Gasteiger partial charge is 0.317 e. The highest BCUT2D eigenvalue weighted by Crippen LogP contribution is 2.27. The van der Waals surface area contributed by atoms with E-state index in [-0.39, 0.29) is 25.0 Å². The van der Waals surface area contributed by atoms with Gasteiger partial charge in [0.05, 0.1) is 6.42 Å².